The molecular formula is C12H17NO2. The second-order valence-corrected chi connectivity index (χ2v) is 3.98. The van der Waals surface area contributed by atoms with Crippen LogP contribution in [-0.4, -0.2) is 23.9 Å². The molecule has 1 aromatic rings. The van der Waals surface area contributed by atoms with Crippen molar-refractivity contribution in [2.75, 3.05) is 6.61 Å². The second-order valence-electron chi connectivity index (χ2n) is 3.98. The molecule has 0 bridgehead atoms. The van der Waals surface area contributed by atoms with Gasteiger partial charge in [0.1, 0.15) is 5.75 Å². The van der Waals surface area contributed by atoms with Crippen LogP contribution in [0.2, 0.25) is 0 Å². The predicted octanol–water partition coefficient (Wildman–Crippen LogP) is 1.66. The number of benzene rings is 1. The number of phenols is 1. The fourth-order valence-corrected chi connectivity index (χ4v) is 1.90. The van der Waals surface area contributed by atoms with Gasteiger partial charge in [-0.25, -0.2) is 0 Å². The Bertz CT molecular complexity index is 327. The third kappa shape index (κ3) is 2.49. The molecule has 2 unspecified atom stereocenters. The van der Waals surface area contributed by atoms with Gasteiger partial charge in [-0.2, -0.15) is 0 Å². The van der Waals surface area contributed by atoms with E-state index in [0.717, 1.165) is 18.6 Å². The zero-order chi connectivity index (χ0) is 10.7. The summed E-state index contributed by atoms with van der Waals surface area (Å²) in [7, 11) is 0. The van der Waals surface area contributed by atoms with Crippen LogP contribution < -0.4 is 5.32 Å². The Hall–Kier alpha value is -1.06. The number of nitrogens with one attached hydrogen (secondary N) is 1. The minimum atomic E-state index is 0.274. The Kier molecular flexibility index (Phi) is 3.23. The molecule has 0 aliphatic carbocycles. The monoisotopic (exact) mass is 207 g/mol. The molecule has 0 spiro atoms. The predicted molar refractivity (Wildman–Crippen MR) is 58.8 cm³/mol. The lowest BCUT2D eigenvalue weighted by Gasteiger charge is -2.16. The van der Waals surface area contributed by atoms with Crippen molar-refractivity contribution in [2.24, 2.45) is 0 Å². The summed E-state index contributed by atoms with van der Waals surface area (Å²) in [6.45, 7) is 3.61. The lowest BCUT2D eigenvalue weighted by molar-refractivity contribution is 0.113. The van der Waals surface area contributed by atoms with Crippen LogP contribution in [-0.2, 0) is 11.3 Å². The van der Waals surface area contributed by atoms with Crippen LogP contribution in [0, 0.1) is 0 Å². The maximum absolute atomic E-state index is 9.58. The van der Waals surface area contributed by atoms with E-state index in [9.17, 15) is 5.11 Å². The van der Waals surface area contributed by atoms with Gasteiger partial charge in [0.25, 0.3) is 0 Å². The number of phenolic OH excluding ortho intramolecular Hbond substituents is 1. The highest BCUT2D eigenvalue weighted by molar-refractivity contribution is 5.31. The molecule has 1 saturated heterocycles. The topological polar surface area (TPSA) is 41.5 Å². The van der Waals surface area contributed by atoms with Gasteiger partial charge in [-0.15, -0.1) is 0 Å². The van der Waals surface area contributed by atoms with Crippen molar-refractivity contribution in [3.05, 3.63) is 29.8 Å². The Balaban J connectivity index is 1.90. The summed E-state index contributed by atoms with van der Waals surface area (Å²) in [5.74, 6) is 0.358. The number of para-hydroxylation sites is 1. The van der Waals surface area contributed by atoms with Gasteiger partial charge >= 0.3 is 0 Å². The number of rotatable bonds is 3. The van der Waals surface area contributed by atoms with Crippen molar-refractivity contribution in [1.29, 1.82) is 0 Å². The van der Waals surface area contributed by atoms with E-state index < -0.39 is 0 Å². The largest absolute Gasteiger partial charge is 0.508 e. The standard InChI is InChI=1S/C12H17NO2/c1-9-11(6-7-15-9)13-8-10-4-2-3-5-12(10)14/h2-5,9,11,13-14H,6-8H2,1H3. The van der Waals surface area contributed by atoms with Crippen LogP contribution in [0.5, 0.6) is 5.75 Å². The third-order valence-electron chi connectivity index (χ3n) is 2.92. The summed E-state index contributed by atoms with van der Waals surface area (Å²) in [5, 5.41) is 13.0. The highest BCUT2D eigenvalue weighted by Crippen LogP contribution is 2.17. The van der Waals surface area contributed by atoms with E-state index in [2.05, 4.69) is 12.2 Å². The average Bonchev–Trinajstić information content (AvgIpc) is 2.63. The zero-order valence-electron chi connectivity index (χ0n) is 8.94. The molecule has 3 heteroatoms. The first kappa shape index (κ1) is 10.5. The fourth-order valence-electron chi connectivity index (χ4n) is 1.90. The van der Waals surface area contributed by atoms with Crippen molar-refractivity contribution in [1.82, 2.24) is 5.32 Å². The first-order valence-electron chi connectivity index (χ1n) is 5.39. The molecule has 1 heterocycles. The summed E-state index contributed by atoms with van der Waals surface area (Å²) in [6.07, 6.45) is 1.32. The Morgan fingerprint density at radius 1 is 1.47 bits per heavy atom. The molecule has 1 fully saturated rings. The molecule has 0 amide bonds. The number of aromatic hydroxyl groups is 1. The van der Waals surface area contributed by atoms with Crippen molar-refractivity contribution < 1.29 is 9.84 Å². The Morgan fingerprint density at radius 3 is 2.93 bits per heavy atom. The van der Waals surface area contributed by atoms with Crippen molar-refractivity contribution in [3.63, 3.8) is 0 Å². The zero-order valence-corrected chi connectivity index (χ0v) is 8.94. The quantitative estimate of drug-likeness (QED) is 0.792. The van der Waals surface area contributed by atoms with E-state index in [0.29, 0.717) is 18.3 Å². The summed E-state index contributed by atoms with van der Waals surface area (Å²) in [4.78, 5) is 0. The highest BCUT2D eigenvalue weighted by atomic mass is 16.5. The van der Waals surface area contributed by atoms with Crippen LogP contribution in [0.15, 0.2) is 24.3 Å². The summed E-state index contributed by atoms with van der Waals surface area (Å²) < 4.78 is 5.46. The maximum Gasteiger partial charge on any atom is 0.120 e. The van der Waals surface area contributed by atoms with Crippen molar-refractivity contribution in [2.45, 2.75) is 32.0 Å². The lowest BCUT2D eigenvalue weighted by Crippen LogP contribution is -2.34. The molecule has 0 saturated carbocycles. The summed E-state index contributed by atoms with van der Waals surface area (Å²) >= 11 is 0. The normalized spacial score (nSPS) is 25.7. The van der Waals surface area contributed by atoms with Crippen molar-refractivity contribution in [3.8, 4) is 5.75 Å². The van der Waals surface area contributed by atoms with Crippen LogP contribution in [0.4, 0.5) is 0 Å². The molecule has 0 aromatic heterocycles. The van der Waals surface area contributed by atoms with Gasteiger partial charge in [-0.05, 0) is 19.4 Å². The van der Waals surface area contributed by atoms with E-state index in [-0.39, 0.29) is 6.10 Å². The second kappa shape index (κ2) is 4.64. The van der Waals surface area contributed by atoms with E-state index >= 15 is 0 Å². The third-order valence-corrected chi connectivity index (χ3v) is 2.92. The minimum Gasteiger partial charge on any atom is -0.508 e. The summed E-state index contributed by atoms with van der Waals surface area (Å²) in [6, 6.07) is 7.82. The van der Waals surface area contributed by atoms with E-state index in [4.69, 9.17) is 4.74 Å². The van der Waals surface area contributed by atoms with E-state index in [1.807, 2.05) is 18.2 Å². The maximum atomic E-state index is 9.58. The molecule has 15 heavy (non-hydrogen) atoms. The van der Waals surface area contributed by atoms with Gasteiger partial charge in [0.15, 0.2) is 0 Å². The van der Waals surface area contributed by atoms with E-state index in [1.54, 1.807) is 6.07 Å². The highest BCUT2D eigenvalue weighted by Gasteiger charge is 2.23. The molecule has 1 aromatic carbocycles. The molecule has 3 nitrogen and oxygen atoms in total. The van der Waals surface area contributed by atoms with Gasteiger partial charge in [-0.3, -0.25) is 0 Å². The lowest BCUT2D eigenvalue weighted by atomic mass is 10.1. The minimum absolute atomic E-state index is 0.274. The van der Waals surface area contributed by atoms with Gasteiger partial charge in [-0.1, -0.05) is 18.2 Å². The van der Waals surface area contributed by atoms with Gasteiger partial charge < -0.3 is 15.2 Å². The molecule has 1 aliphatic heterocycles. The Labute approximate surface area is 90.1 Å². The van der Waals surface area contributed by atoms with Crippen LogP contribution in [0.25, 0.3) is 0 Å². The summed E-state index contributed by atoms with van der Waals surface area (Å²) in [5.41, 5.74) is 0.941. The first-order chi connectivity index (χ1) is 7.27. The molecular weight excluding hydrogens is 190 g/mol. The molecule has 2 rings (SSSR count). The van der Waals surface area contributed by atoms with Gasteiger partial charge in [0.2, 0.25) is 0 Å². The number of hydrogen-bond donors (Lipinski definition) is 2. The fraction of sp³-hybridized carbons (Fsp3) is 0.500. The molecule has 2 atom stereocenters. The molecule has 0 radical (unpaired) electrons. The first-order valence-corrected chi connectivity index (χ1v) is 5.39. The smallest absolute Gasteiger partial charge is 0.120 e. The van der Waals surface area contributed by atoms with Gasteiger partial charge in [0, 0.05) is 24.8 Å². The SMILES string of the molecule is CC1OCCC1NCc1ccccc1O. The van der Waals surface area contributed by atoms with Crippen LogP contribution in [0.3, 0.4) is 0 Å². The van der Waals surface area contributed by atoms with Crippen molar-refractivity contribution >= 4 is 0 Å². The molecule has 1 aliphatic rings. The van der Waals surface area contributed by atoms with E-state index in [1.165, 1.54) is 0 Å². The molecule has 2 N–H and O–H groups in total. The average molecular weight is 207 g/mol. The molecule has 82 valence electrons. The van der Waals surface area contributed by atoms with Crippen LogP contribution in [0.1, 0.15) is 18.9 Å². The Morgan fingerprint density at radius 2 is 2.27 bits per heavy atom. The van der Waals surface area contributed by atoms with Crippen LogP contribution >= 0.6 is 0 Å². The number of hydrogen-bond acceptors (Lipinski definition) is 3. The number of ether oxygens (including phenoxy) is 1. The van der Waals surface area contributed by atoms with Gasteiger partial charge in [0.05, 0.1) is 6.10 Å².